The third-order valence-electron chi connectivity index (χ3n) is 4.33. The Labute approximate surface area is 123 Å². The molecule has 1 aromatic carbocycles. The van der Waals surface area contributed by atoms with Gasteiger partial charge >= 0.3 is 5.97 Å². The molecule has 0 aromatic heterocycles. The molecule has 1 aromatic rings. The van der Waals surface area contributed by atoms with Crippen LogP contribution in [0.5, 0.6) is 5.75 Å². The van der Waals surface area contributed by atoms with E-state index in [-0.39, 0.29) is 5.60 Å². The van der Waals surface area contributed by atoms with Crippen LogP contribution in [0.2, 0.25) is 5.02 Å². The highest BCUT2D eigenvalue weighted by Crippen LogP contribution is 2.50. The van der Waals surface area contributed by atoms with E-state index < -0.39 is 5.97 Å². The minimum absolute atomic E-state index is 0.188. The second-order valence-corrected chi connectivity index (χ2v) is 6.01. The van der Waals surface area contributed by atoms with Crippen LogP contribution in [0, 0.1) is 0 Å². The smallest absolute Gasteiger partial charge is 0.331 e. The first-order valence-electron chi connectivity index (χ1n) is 6.99. The van der Waals surface area contributed by atoms with E-state index in [1.54, 1.807) is 6.07 Å². The van der Waals surface area contributed by atoms with Crippen LogP contribution in [0.15, 0.2) is 23.8 Å². The van der Waals surface area contributed by atoms with Crippen LogP contribution in [0.4, 0.5) is 0 Å². The molecule has 0 unspecified atom stereocenters. The molecule has 4 heteroatoms. The fourth-order valence-electron chi connectivity index (χ4n) is 3.13. The normalized spacial score (nSPS) is 21.7. The quantitative estimate of drug-likeness (QED) is 0.827. The second-order valence-electron chi connectivity index (χ2n) is 5.57. The lowest BCUT2D eigenvalue weighted by Crippen LogP contribution is -2.45. The van der Waals surface area contributed by atoms with Crippen molar-refractivity contribution < 1.29 is 14.6 Å². The van der Waals surface area contributed by atoms with Crippen molar-refractivity contribution in [1.82, 2.24) is 0 Å². The van der Waals surface area contributed by atoms with Crippen LogP contribution >= 0.6 is 11.6 Å². The highest BCUT2D eigenvalue weighted by atomic mass is 35.5. The zero-order chi connectivity index (χ0) is 14.3. The van der Waals surface area contributed by atoms with E-state index in [0.29, 0.717) is 23.4 Å². The third kappa shape index (κ3) is 2.10. The van der Waals surface area contributed by atoms with Gasteiger partial charge in [0, 0.05) is 22.6 Å². The van der Waals surface area contributed by atoms with Gasteiger partial charge in [-0.15, -0.1) is 0 Å². The highest BCUT2D eigenvalue weighted by molar-refractivity contribution is 6.30. The van der Waals surface area contributed by atoms with Gasteiger partial charge in [0.25, 0.3) is 0 Å². The molecule has 1 aliphatic carbocycles. The molecule has 20 heavy (non-hydrogen) atoms. The van der Waals surface area contributed by atoms with E-state index >= 15 is 0 Å². The number of carboxylic acids is 1. The van der Waals surface area contributed by atoms with Crippen LogP contribution < -0.4 is 4.74 Å². The standard InChI is InChI=1S/C16H17ClO3/c1-2-11(15(18)19)13-9-16(6-3-7-16)20-14-5-4-10(17)8-12(13)14/h4-5,8H,2-3,6-7,9H2,1H3,(H,18,19). The number of carbonyl (C=O) groups is 1. The monoisotopic (exact) mass is 292 g/mol. The van der Waals surface area contributed by atoms with Crippen LogP contribution in [-0.4, -0.2) is 16.7 Å². The average Bonchev–Trinajstić information content (AvgIpc) is 2.37. The van der Waals surface area contributed by atoms with Gasteiger partial charge in [0.1, 0.15) is 11.4 Å². The maximum absolute atomic E-state index is 11.5. The highest BCUT2D eigenvalue weighted by Gasteiger charge is 2.44. The largest absolute Gasteiger partial charge is 0.486 e. The van der Waals surface area contributed by atoms with E-state index in [2.05, 4.69) is 0 Å². The Bertz CT molecular complexity index is 600. The second kappa shape index (κ2) is 4.81. The molecule has 1 spiro atoms. The topological polar surface area (TPSA) is 46.5 Å². The SMILES string of the molecule is CCC(C(=O)O)=C1CC2(CCC2)Oc2ccc(Cl)cc21. The molecule has 0 radical (unpaired) electrons. The summed E-state index contributed by atoms with van der Waals surface area (Å²) in [6, 6.07) is 5.46. The van der Waals surface area contributed by atoms with Gasteiger partial charge in [0.05, 0.1) is 0 Å². The summed E-state index contributed by atoms with van der Waals surface area (Å²) in [6.07, 6.45) is 4.32. The van der Waals surface area contributed by atoms with Crippen LogP contribution in [0.1, 0.15) is 44.6 Å². The minimum Gasteiger partial charge on any atom is -0.486 e. The van der Waals surface area contributed by atoms with Crippen LogP contribution in [0.3, 0.4) is 0 Å². The van der Waals surface area contributed by atoms with Gasteiger partial charge in [0.2, 0.25) is 0 Å². The first-order valence-corrected chi connectivity index (χ1v) is 7.37. The fourth-order valence-corrected chi connectivity index (χ4v) is 3.30. The van der Waals surface area contributed by atoms with Gasteiger partial charge in [-0.2, -0.15) is 0 Å². The van der Waals surface area contributed by atoms with Crippen molar-refractivity contribution in [3.63, 3.8) is 0 Å². The maximum atomic E-state index is 11.5. The number of fused-ring (bicyclic) bond motifs is 1. The predicted octanol–water partition coefficient (Wildman–Crippen LogP) is 4.29. The maximum Gasteiger partial charge on any atom is 0.331 e. The van der Waals surface area contributed by atoms with Crippen molar-refractivity contribution in [2.75, 3.05) is 0 Å². The van der Waals surface area contributed by atoms with E-state index in [1.807, 2.05) is 19.1 Å². The lowest BCUT2D eigenvalue weighted by molar-refractivity contribution is -0.132. The van der Waals surface area contributed by atoms with Gasteiger partial charge in [-0.1, -0.05) is 18.5 Å². The van der Waals surface area contributed by atoms with Crippen LogP contribution in [-0.2, 0) is 4.79 Å². The Balaban J connectivity index is 2.18. The molecule has 3 rings (SSSR count). The first kappa shape index (κ1) is 13.5. The summed E-state index contributed by atoms with van der Waals surface area (Å²) in [6.45, 7) is 1.88. The van der Waals surface area contributed by atoms with Gasteiger partial charge in [0.15, 0.2) is 0 Å². The Morgan fingerprint density at radius 2 is 2.20 bits per heavy atom. The number of ether oxygens (including phenoxy) is 1. The lowest BCUT2D eigenvalue weighted by Gasteiger charge is -2.46. The predicted molar refractivity (Wildman–Crippen MR) is 78.1 cm³/mol. The Hall–Kier alpha value is -1.48. The average molecular weight is 293 g/mol. The van der Waals surface area contributed by atoms with Crippen molar-refractivity contribution in [1.29, 1.82) is 0 Å². The van der Waals surface area contributed by atoms with Crippen molar-refractivity contribution in [2.24, 2.45) is 0 Å². The number of carboxylic acid groups (broad SMARTS) is 1. The van der Waals surface area contributed by atoms with Gasteiger partial charge in [-0.05, 0) is 49.5 Å². The molecule has 0 atom stereocenters. The molecular formula is C16H17ClO3. The van der Waals surface area contributed by atoms with Crippen molar-refractivity contribution in [2.45, 2.75) is 44.6 Å². The molecule has 1 saturated carbocycles. The third-order valence-corrected chi connectivity index (χ3v) is 4.57. The summed E-state index contributed by atoms with van der Waals surface area (Å²) < 4.78 is 6.13. The molecular weight excluding hydrogens is 276 g/mol. The summed E-state index contributed by atoms with van der Waals surface area (Å²) in [5.74, 6) is -0.0765. The molecule has 1 aliphatic heterocycles. The number of hydrogen-bond acceptors (Lipinski definition) is 2. The summed E-state index contributed by atoms with van der Waals surface area (Å²) in [5, 5.41) is 10.1. The van der Waals surface area contributed by atoms with Crippen molar-refractivity contribution >= 4 is 23.1 Å². The molecule has 0 saturated heterocycles. The van der Waals surface area contributed by atoms with Gasteiger partial charge in [-0.3, -0.25) is 0 Å². The van der Waals surface area contributed by atoms with Crippen molar-refractivity contribution in [3.8, 4) is 5.75 Å². The Morgan fingerprint density at radius 1 is 1.45 bits per heavy atom. The summed E-state index contributed by atoms with van der Waals surface area (Å²) >= 11 is 6.06. The summed E-state index contributed by atoms with van der Waals surface area (Å²) in [4.78, 5) is 11.5. The van der Waals surface area contributed by atoms with Gasteiger partial charge < -0.3 is 9.84 Å². The van der Waals surface area contributed by atoms with E-state index in [4.69, 9.17) is 16.3 Å². The number of hydrogen-bond donors (Lipinski definition) is 1. The van der Waals surface area contributed by atoms with E-state index in [9.17, 15) is 9.90 Å². The Morgan fingerprint density at radius 3 is 2.75 bits per heavy atom. The molecule has 0 amide bonds. The molecule has 2 aliphatic rings. The zero-order valence-electron chi connectivity index (χ0n) is 11.4. The number of aliphatic carboxylic acids is 1. The number of halogens is 1. The zero-order valence-corrected chi connectivity index (χ0v) is 12.2. The minimum atomic E-state index is -0.843. The van der Waals surface area contributed by atoms with Crippen molar-refractivity contribution in [3.05, 3.63) is 34.4 Å². The number of rotatable bonds is 2. The Kier molecular flexibility index (Phi) is 3.25. The molecule has 3 nitrogen and oxygen atoms in total. The lowest BCUT2D eigenvalue weighted by atomic mass is 9.72. The fraction of sp³-hybridized carbons (Fsp3) is 0.438. The summed E-state index contributed by atoms with van der Waals surface area (Å²) in [5.41, 5.74) is 2.02. The van der Waals surface area contributed by atoms with E-state index in [0.717, 1.165) is 36.1 Å². The van der Waals surface area contributed by atoms with Gasteiger partial charge in [-0.25, -0.2) is 4.79 Å². The summed E-state index contributed by atoms with van der Waals surface area (Å²) in [7, 11) is 0. The molecule has 1 N–H and O–H groups in total. The number of benzene rings is 1. The van der Waals surface area contributed by atoms with Crippen LogP contribution in [0.25, 0.3) is 5.57 Å². The first-order chi connectivity index (χ1) is 9.54. The van der Waals surface area contributed by atoms with E-state index in [1.165, 1.54) is 0 Å². The molecule has 0 bridgehead atoms. The molecule has 1 fully saturated rings. The molecule has 106 valence electrons. The molecule has 1 heterocycles.